The van der Waals surface area contributed by atoms with E-state index in [1.807, 2.05) is 44.2 Å². The summed E-state index contributed by atoms with van der Waals surface area (Å²) in [5, 5.41) is 2.65. The summed E-state index contributed by atoms with van der Waals surface area (Å²) in [7, 11) is 1.27. The number of amides is 2. The minimum absolute atomic E-state index is 0.0227. The van der Waals surface area contributed by atoms with Crippen LogP contribution in [0.15, 0.2) is 30.3 Å². The average Bonchev–Trinajstić information content (AvgIpc) is 2.65. The van der Waals surface area contributed by atoms with Gasteiger partial charge in [0.15, 0.2) is 0 Å². The summed E-state index contributed by atoms with van der Waals surface area (Å²) in [4.78, 5) is 38.6. The van der Waals surface area contributed by atoms with Crippen molar-refractivity contribution in [3.63, 3.8) is 0 Å². The Labute approximate surface area is 178 Å². The van der Waals surface area contributed by atoms with E-state index in [1.165, 1.54) is 12.0 Å². The van der Waals surface area contributed by atoms with Gasteiger partial charge < -0.3 is 24.4 Å². The molecule has 2 atom stereocenters. The number of hydrogen-bond acceptors (Lipinski definition) is 6. The highest BCUT2D eigenvalue weighted by molar-refractivity contribution is 5.76. The van der Waals surface area contributed by atoms with Crippen LogP contribution in [0, 0.1) is 5.92 Å². The summed E-state index contributed by atoms with van der Waals surface area (Å²) >= 11 is 0. The molecule has 0 radical (unpaired) electrons. The third kappa shape index (κ3) is 8.71. The molecule has 30 heavy (non-hydrogen) atoms. The van der Waals surface area contributed by atoms with Gasteiger partial charge in [0.2, 0.25) is 0 Å². The van der Waals surface area contributed by atoms with Crippen LogP contribution in [0.1, 0.15) is 47.1 Å². The minimum atomic E-state index is -0.797. The number of esters is 1. The molecule has 0 aliphatic heterocycles. The van der Waals surface area contributed by atoms with Crippen molar-refractivity contribution in [2.24, 2.45) is 5.92 Å². The van der Waals surface area contributed by atoms with Gasteiger partial charge in [0, 0.05) is 18.6 Å². The van der Waals surface area contributed by atoms with Crippen LogP contribution in [0.4, 0.5) is 9.59 Å². The van der Waals surface area contributed by atoms with Crippen LogP contribution in [0.2, 0.25) is 0 Å². The minimum Gasteiger partial charge on any atom is -0.469 e. The van der Waals surface area contributed by atoms with Crippen LogP contribution < -0.4 is 5.32 Å². The molecule has 0 bridgehead atoms. The Morgan fingerprint density at radius 2 is 1.67 bits per heavy atom. The van der Waals surface area contributed by atoms with Gasteiger partial charge >= 0.3 is 18.2 Å². The first kappa shape index (κ1) is 25.3. The molecule has 1 unspecified atom stereocenters. The van der Waals surface area contributed by atoms with Gasteiger partial charge in [-0.15, -0.1) is 0 Å². The Bertz CT molecular complexity index is 699. The molecule has 0 heterocycles. The topological polar surface area (TPSA) is 94.2 Å². The molecule has 8 nitrogen and oxygen atoms in total. The fraction of sp³-hybridized carbons (Fsp3) is 0.591. The molecule has 1 rings (SSSR count). The third-order valence-corrected chi connectivity index (χ3v) is 4.31. The molecule has 1 N–H and O–H groups in total. The van der Waals surface area contributed by atoms with E-state index in [2.05, 4.69) is 5.32 Å². The molecule has 1 aromatic rings. The Kier molecular flexibility index (Phi) is 9.62. The molecular formula is C22H34N2O6. The van der Waals surface area contributed by atoms with Gasteiger partial charge in [-0.2, -0.15) is 0 Å². The van der Waals surface area contributed by atoms with E-state index in [-0.39, 0.29) is 19.2 Å². The lowest BCUT2D eigenvalue weighted by Gasteiger charge is -2.32. The maximum atomic E-state index is 12.7. The average molecular weight is 423 g/mol. The van der Waals surface area contributed by atoms with Crippen LogP contribution in [0.25, 0.3) is 0 Å². The number of carbonyl (C=O) groups excluding carboxylic acids is 3. The standard InChI is InChI=1S/C22H34N2O6/c1-15(2)24(21(27)29-14-17-11-9-8-10-12-17)13-18(19(25)28-7)16(3)23-20(26)30-22(4,5)6/h8-12,15-16,18H,13-14H2,1-7H3,(H,23,26)/t16-,18?/m1/s1. The van der Waals surface area contributed by atoms with Crippen molar-refractivity contribution < 1.29 is 28.6 Å². The van der Waals surface area contributed by atoms with Crippen molar-refractivity contribution in [2.45, 2.75) is 65.8 Å². The zero-order valence-electron chi connectivity index (χ0n) is 18.9. The summed E-state index contributed by atoms with van der Waals surface area (Å²) in [5.41, 5.74) is 0.189. The molecule has 0 fully saturated rings. The molecular weight excluding hydrogens is 388 g/mol. The maximum absolute atomic E-state index is 12.7. The highest BCUT2D eigenvalue weighted by Gasteiger charge is 2.33. The van der Waals surface area contributed by atoms with E-state index in [4.69, 9.17) is 14.2 Å². The number of methoxy groups -OCH3 is 1. The Morgan fingerprint density at radius 3 is 2.17 bits per heavy atom. The quantitative estimate of drug-likeness (QED) is 0.507. The summed E-state index contributed by atoms with van der Waals surface area (Å²) in [6.07, 6.45) is -1.20. The SMILES string of the molecule is COC(=O)C(CN(C(=O)OCc1ccccc1)C(C)C)[C@@H](C)NC(=O)OC(C)(C)C. The van der Waals surface area contributed by atoms with Gasteiger partial charge in [0.1, 0.15) is 12.2 Å². The second-order valence-electron chi connectivity index (χ2n) is 8.35. The summed E-state index contributed by atoms with van der Waals surface area (Å²) in [6, 6.07) is 8.46. The number of benzene rings is 1. The molecule has 8 heteroatoms. The van der Waals surface area contributed by atoms with Crippen LogP contribution in [-0.2, 0) is 25.6 Å². The first-order valence-electron chi connectivity index (χ1n) is 9.99. The lowest BCUT2D eigenvalue weighted by Crippen LogP contribution is -2.50. The van der Waals surface area contributed by atoms with Crippen molar-refractivity contribution in [1.82, 2.24) is 10.2 Å². The third-order valence-electron chi connectivity index (χ3n) is 4.31. The second-order valence-corrected chi connectivity index (χ2v) is 8.35. The lowest BCUT2D eigenvalue weighted by atomic mass is 10.00. The van der Waals surface area contributed by atoms with Crippen molar-refractivity contribution >= 4 is 18.2 Å². The zero-order chi connectivity index (χ0) is 22.9. The largest absolute Gasteiger partial charge is 0.469 e. The summed E-state index contributed by atoms with van der Waals surface area (Å²) in [5.74, 6) is -1.34. The van der Waals surface area contributed by atoms with Crippen molar-refractivity contribution in [3.8, 4) is 0 Å². The maximum Gasteiger partial charge on any atom is 0.410 e. The van der Waals surface area contributed by atoms with E-state index in [1.54, 1.807) is 27.7 Å². The molecule has 0 aliphatic rings. The molecule has 0 spiro atoms. The Morgan fingerprint density at radius 1 is 1.07 bits per heavy atom. The first-order valence-corrected chi connectivity index (χ1v) is 9.99. The summed E-state index contributed by atoms with van der Waals surface area (Å²) < 4.78 is 15.6. The number of alkyl carbamates (subject to hydrolysis) is 1. The molecule has 0 saturated carbocycles. The van der Waals surface area contributed by atoms with E-state index >= 15 is 0 Å². The number of carbonyl (C=O) groups is 3. The summed E-state index contributed by atoms with van der Waals surface area (Å²) in [6.45, 7) is 10.7. The zero-order valence-corrected chi connectivity index (χ0v) is 18.9. The van der Waals surface area contributed by atoms with E-state index < -0.39 is 35.7 Å². The molecule has 0 saturated heterocycles. The second kappa shape index (κ2) is 11.4. The predicted octanol–water partition coefficient (Wildman–Crippen LogP) is 3.74. The van der Waals surface area contributed by atoms with Crippen LogP contribution in [-0.4, -0.2) is 54.4 Å². The fourth-order valence-electron chi connectivity index (χ4n) is 2.69. The van der Waals surface area contributed by atoms with Gasteiger partial charge in [-0.1, -0.05) is 30.3 Å². The van der Waals surface area contributed by atoms with E-state index in [0.29, 0.717) is 0 Å². The highest BCUT2D eigenvalue weighted by Crippen LogP contribution is 2.15. The number of ether oxygens (including phenoxy) is 3. The van der Waals surface area contributed by atoms with Crippen LogP contribution in [0.5, 0.6) is 0 Å². The highest BCUT2D eigenvalue weighted by atomic mass is 16.6. The fourth-order valence-corrected chi connectivity index (χ4v) is 2.69. The van der Waals surface area contributed by atoms with E-state index in [9.17, 15) is 14.4 Å². The molecule has 0 aromatic heterocycles. The first-order chi connectivity index (χ1) is 13.9. The number of nitrogens with one attached hydrogen (secondary N) is 1. The van der Waals surface area contributed by atoms with Gasteiger partial charge in [0.05, 0.1) is 13.0 Å². The number of nitrogens with zero attached hydrogens (tertiary/aromatic N) is 1. The lowest BCUT2D eigenvalue weighted by molar-refractivity contribution is -0.147. The molecule has 168 valence electrons. The van der Waals surface area contributed by atoms with Crippen LogP contribution >= 0.6 is 0 Å². The van der Waals surface area contributed by atoms with Gasteiger partial charge in [-0.25, -0.2) is 9.59 Å². The predicted molar refractivity (Wildman–Crippen MR) is 113 cm³/mol. The van der Waals surface area contributed by atoms with Gasteiger partial charge in [-0.05, 0) is 47.1 Å². The molecule has 1 aromatic carbocycles. The van der Waals surface area contributed by atoms with Gasteiger partial charge in [0.25, 0.3) is 0 Å². The monoisotopic (exact) mass is 422 g/mol. The number of hydrogen-bond donors (Lipinski definition) is 1. The normalized spacial score (nSPS) is 13.2. The van der Waals surface area contributed by atoms with E-state index in [0.717, 1.165) is 5.56 Å². The van der Waals surface area contributed by atoms with Crippen molar-refractivity contribution in [1.29, 1.82) is 0 Å². The van der Waals surface area contributed by atoms with Gasteiger partial charge in [-0.3, -0.25) is 4.79 Å². The smallest absolute Gasteiger partial charge is 0.410 e. The molecule has 0 aliphatic carbocycles. The Hall–Kier alpha value is -2.77. The van der Waals surface area contributed by atoms with Crippen molar-refractivity contribution in [3.05, 3.63) is 35.9 Å². The Balaban J connectivity index is 2.85. The van der Waals surface area contributed by atoms with Crippen molar-refractivity contribution in [2.75, 3.05) is 13.7 Å². The number of rotatable bonds is 8. The van der Waals surface area contributed by atoms with Crippen LogP contribution in [0.3, 0.4) is 0 Å². The molecule has 2 amide bonds.